The van der Waals surface area contributed by atoms with Crippen LogP contribution in [-0.2, 0) is 0 Å². The van der Waals surface area contributed by atoms with Gasteiger partial charge >= 0.3 is 0 Å². The summed E-state index contributed by atoms with van der Waals surface area (Å²) in [5.41, 5.74) is 0.987. The Bertz CT molecular complexity index is 232. The highest BCUT2D eigenvalue weighted by Crippen LogP contribution is 2.17. The van der Waals surface area contributed by atoms with Crippen molar-refractivity contribution in [3.05, 3.63) is 37.0 Å². The van der Waals surface area contributed by atoms with Crippen LogP contribution in [0.15, 0.2) is 41.9 Å². The molecule has 1 nitrogen and oxygen atoms in total. The first-order valence-electron chi connectivity index (χ1n) is 3.00. The quantitative estimate of drug-likeness (QED) is 0.619. The zero-order valence-electron chi connectivity index (χ0n) is 5.54. The lowest BCUT2D eigenvalue weighted by molar-refractivity contribution is 1.43. The van der Waals surface area contributed by atoms with Gasteiger partial charge in [0, 0.05) is 4.90 Å². The molecule has 1 rings (SSSR count). The Labute approximate surface area is 66.2 Å². The van der Waals surface area contributed by atoms with Gasteiger partial charge in [0.1, 0.15) is 0 Å². The second-order valence-electron chi connectivity index (χ2n) is 1.87. The van der Waals surface area contributed by atoms with E-state index in [0.717, 1.165) is 10.6 Å². The van der Waals surface area contributed by atoms with Gasteiger partial charge in [-0.3, -0.25) is 0 Å². The Balaban J connectivity index is 2.91. The minimum absolute atomic E-state index is 0.933. The van der Waals surface area contributed by atoms with Crippen molar-refractivity contribution in [1.82, 2.24) is 0 Å². The molecule has 0 aliphatic carbocycles. The smallest absolute Gasteiger partial charge is 0.0515 e. The molecular weight excluding hydrogens is 142 g/mol. The molecule has 1 aromatic rings. The van der Waals surface area contributed by atoms with Crippen molar-refractivity contribution in [2.24, 2.45) is 0 Å². The number of thiol groups is 1. The zero-order chi connectivity index (χ0) is 7.40. The number of hydrogen-bond acceptors (Lipinski definition) is 2. The fourth-order valence-corrected chi connectivity index (χ4v) is 0.931. The molecule has 0 bridgehead atoms. The highest BCUT2D eigenvalue weighted by Gasteiger charge is 1.90. The lowest BCUT2D eigenvalue weighted by Crippen LogP contribution is -1.85. The molecule has 0 unspecified atom stereocenters. The summed E-state index contributed by atoms with van der Waals surface area (Å²) in [6.45, 7) is 3.55. The first-order valence-corrected chi connectivity index (χ1v) is 3.45. The largest absolute Gasteiger partial charge is 0.361 e. The van der Waals surface area contributed by atoms with Crippen molar-refractivity contribution in [2.75, 3.05) is 5.32 Å². The van der Waals surface area contributed by atoms with E-state index in [4.69, 9.17) is 0 Å². The first-order chi connectivity index (χ1) is 4.84. The van der Waals surface area contributed by atoms with Crippen LogP contribution in [0.25, 0.3) is 0 Å². The van der Waals surface area contributed by atoms with E-state index in [0.29, 0.717) is 0 Å². The fourth-order valence-electron chi connectivity index (χ4n) is 0.706. The van der Waals surface area contributed by atoms with E-state index in [1.165, 1.54) is 0 Å². The molecule has 52 valence electrons. The molecule has 0 aliphatic rings. The summed E-state index contributed by atoms with van der Waals surface area (Å²) in [6.07, 6.45) is 1.63. The van der Waals surface area contributed by atoms with E-state index in [9.17, 15) is 0 Å². The predicted octanol–water partition coefficient (Wildman–Crippen LogP) is 2.53. The summed E-state index contributed by atoms with van der Waals surface area (Å²) in [5.74, 6) is 0. The molecule has 0 amide bonds. The molecule has 2 heteroatoms. The summed E-state index contributed by atoms with van der Waals surface area (Å²) in [4.78, 5) is 0.933. The second-order valence-corrected chi connectivity index (χ2v) is 2.35. The van der Waals surface area contributed by atoms with Gasteiger partial charge in [0.2, 0.25) is 0 Å². The molecular formula is C8H9NS. The van der Waals surface area contributed by atoms with Crippen molar-refractivity contribution in [1.29, 1.82) is 0 Å². The summed E-state index contributed by atoms with van der Waals surface area (Å²) >= 11 is 4.22. The minimum Gasteiger partial charge on any atom is -0.361 e. The lowest BCUT2D eigenvalue weighted by atomic mass is 10.3. The highest BCUT2D eigenvalue weighted by molar-refractivity contribution is 7.80. The third-order valence-corrected chi connectivity index (χ3v) is 1.55. The third-order valence-electron chi connectivity index (χ3n) is 1.16. The number of rotatable bonds is 2. The Morgan fingerprint density at radius 1 is 1.40 bits per heavy atom. The van der Waals surface area contributed by atoms with Gasteiger partial charge < -0.3 is 5.32 Å². The van der Waals surface area contributed by atoms with Crippen LogP contribution in [0.1, 0.15) is 0 Å². The molecule has 1 N–H and O–H groups in total. The molecule has 10 heavy (non-hydrogen) atoms. The van der Waals surface area contributed by atoms with Crippen molar-refractivity contribution in [3.8, 4) is 0 Å². The molecule has 0 aromatic heterocycles. The maximum atomic E-state index is 4.22. The molecule has 0 fully saturated rings. The van der Waals surface area contributed by atoms with Gasteiger partial charge in [0.05, 0.1) is 5.69 Å². The Morgan fingerprint density at radius 3 is 2.70 bits per heavy atom. The average molecular weight is 151 g/mol. The van der Waals surface area contributed by atoms with E-state index in [2.05, 4.69) is 24.5 Å². The number of benzene rings is 1. The Hall–Kier alpha value is -0.890. The maximum absolute atomic E-state index is 4.22. The van der Waals surface area contributed by atoms with E-state index < -0.39 is 0 Å². The number of hydrogen-bond donors (Lipinski definition) is 2. The van der Waals surface area contributed by atoms with Crippen LogP contribution in [0.3, 0.4) is 0 Å². The van der Waals surface area contributed by atoms with Crippen LogP contribution in [0.2, 0.25) is 0 Å². The lowest BCUT2D eigenvalue weighted by Gasteiger charge is -2.01. The van der Waals surface area contributed by atoms with Gasteiger partial charge in [0.25, 0.3) is 0 Å². The maximum Gasteiger partial charge on any atom is 0.0515 e. The van der Waals surface area contributed by atoms with Gasteiger partial charge in [-0.1, -0.05) is 18.7 Å². The Kier molecular flexibility index (Phi) is 2.40. The van der Waals surface area contributed by atoms with E-state index in [-0.39, 0.29) is 0 Å². The molecule has 0 aliphatic heterocycles. The van der Waals surface area contributed by atoms with Gasteiger partial charge in [-0.25, -0.2) is 0 Å². The van der Waals surface area contributed by atoms with Crippen molar-refractivity contribution < 1.29 is 0 Å². The molecule has 0 saturated carbocycles. The van der Waals surface area contributed by atoms with E-state index >= 15 is 0 Å². The highest BCUT2D eigenvalue weighted by atomic mass is 32.1. The molecule has 0 atom stereocenters. The van der Waals surface area contributed by atoms with Crippen molar-refractivity contribution in [2.45, 2.75) is 4.90 Å². The summed E-state index contributed by atoms with van der Waals surface area (Å²) in [5, 5.41) is 2.96. The number of anilines is 1. The van der Waals surface area contributed by atoms with E-state index in [1.807, 2.05) is 24.3 Å². The van der Waals surface area contributed by atoms with Crippen molar-refractivity contribution >= 4 is 18.3 Å². The second kappa shape index (κ2) is 3.32. The monoisotopic (exact) mass is 151 g/mol. The van der Waals surface area contributed by atoms with Gasteiger partial charge in [-0.15, -0.1) is 12.6 Å². The van der Waals surface area contributed by atoms with E-state index in [1.54, 1.807) is 6.20 Å². The van der Waals surface area contributed by atoms with Crippen LogP contribution >= 0.6 is 12.6 Å². The number of para-hydroxylation sites is 1. The van der Waals surface area contributed by atoms with Crippen LogP contribution < -0.4 is 5.32 Å². The molecule has 0 heterocycles. The van der Waals surface area contributed by atoms with Crippen LogP contribution in [0.5, 0.6) is 0 Å². The predicted molar refractivity (Wildman–Crippen MR) is 47.5 cm³/mol. The normalized spacial score (nSPS) is 8.90. The summed E-state index contributed by atoms with van der Waals surface area (Å²) < 4.78 is 0. The summed E-state index contributed by atoms with van der Waals surface area (Å²) in [7, 11) is 0. The van der Waals surface area contributed by atoms with Gasteiger partial charge in [0.15, 0.2) is 0 Å². The molecule has 0 saturated heterocycles. The minimum atomic E-state index is 0.933. The van der Waals surface area contributed by atoms with Gasteiger partial charge in [-0.2, -0.15) is 0 Å². The Morgan fingerprint density at radius 2 is 2.10 bits per heavy atom. The molecule has 0 radical (unpaired) electrons. The molecule has 1 aromatic carbocycles. The average Bonchev–Trinajstić information content (AvgIpc) is 1.94. The fraction of sp³-hybridized carbons (Fsp3) is 0. The van der Waals surface area contributed by atoms with Crippen molar-refractivity contribution in [3.63, 3.8) is 0 Å². The number of nitrogens with one attached hydrogen (secondary N) is 1. The van der Waals surface area contributed by atoms with Gasteiger partial charge in [-0.05, 0) is 18.3 Å². The zero-order valence-corrected chi connectivity index (χ0v) is 6.44. The van der Waals surface area contributed by atoms with Crippen LogP contribution in [0.4, 0.5) is 5.69 Å². The summed E-state index contributed by atoms with van der Waals surface area (Å²) in [6, 6.07) is 7.76. The SMILES string of the molecule is C=CNc1ccccc1S. The first kappa shape index (κ1) is 7.22. The van der Waals surface area contributed by atoms with Crippen LogP contribution in [0, 0.1) is 0 Å². The topological polar surface area (TPSA) is 12.0 Å². The molecule has 0 spiro atoms. The standard InChI is InChI=1S/C8H9NS/c1-2-9-7-5-3-4-6-8(7)10/h2-6,9-10H,1H2. The van der Waals surface area contributed by atoms with Crippen LogP contribution in [-0.4, -0.2) is 0 Å². The third kappa shape index (κ3) is 1.54.